The number of hydrogen-bond donors (Lipinski definition) is 1. The standard InChI is InChI=1S/C13H19BClNO2S/c1-12(2)13(3,4)18-14(17-12)9-7-6-8-10(11(9)15)16-19-5/h6-8,16H,1-5H3. The van der Waals surface area contributed by atoms with Gasteiger partial charge in [-0.3, -0.25) is 0 Å². The first-order valence-corrected chi connectivity index (χ1v) is 7.82. The van der Waals surface area contributed by atoms with E-state index in [9.17, 15) is 0 Å². The molecule has 1 aliphatic heterocycles. The third-order valence-corrected chi connectivity index (χ3v) is 4.59. The maximum Gasteiger partial charge on any atom is 0.496 e. The van der Waals surface area contributed by atoms with Gasteiger partial charge in [0.2, 0.25) is 0 Å². The molecule has 6 heteroatoms. The van der Waals surface area contributed by atoms with Crippen molar-refractivity contribution in [2.45, 2.75) is 38.9 Å². The molecule has 1 aliphatic rings. The van der Waals surface area contributed by atoms with Gasteiger partial charge in [0.25, 0.3) is 0 Å². The molecule has 1 saturated heterocycles. The molecule has 0 spiro atoms. The van der Waals surface area contributed by atoms with Crippen molar-refractivity contribution in [3.63, 3.8) is 0 Å². The Kier molecular flexibility index (Phi) is 4.12. The number of hydrogen-bond acceptors (Lipinski definition) is 4. The minimum Gasteiger partial charge on any atom is -0.399 e. The van der Waals surface area contributed by atoms with Crippen LogP contribution in [0.4, 0.5) is 5.69 Å². The van der Waals surface area contributed by atoms with Crippen molar-refractivity contribution >= 4 is 41.8 Å². The summed E-state index contributed by atoms with van der Waals surface area (Å²) in [6.45, 7) is 8.13. The van der Waals surface area contributed by atoms with Crippen molar-refractivity contribution in [1.29, 1.82) is 0 Å². The molecule has 1 aromatic rings. The average molecular weight is 300 g/mol. The molecule has 0 aliphatic carbocycles. The first-order chi connectivity index (χ1) is 8.78. The fourth-order valence-corrected chi connectivity index (χ4v) is 2.60. The minimum atomic E-state index is -0.430. The van der Waals surface area contributed by atoms with Crippen molar-refractivity contribution < 1.29 is 9.31 Å². The molecular weight excluding hydrogens is 280 g/mol. The van der Waals surface area contributed by atoms with E-state index >= 15 is 0 Å². The van der Waals surface area contributed by atoms with Gasteiger partial charge in [-0.15, -0.1) is 0 Å². The molecule has 1 aromatic carbocycles. The summed E-state index contributed by atoms with van der Waals surface area (Å²) in [6.07, 6.45) is 1.96. The lowest BCUT2D eigenvalue weighted by molar-refractivity contribution is 0.00578. The fraction of sp³-hybridized carbons (Fsp3) is 0.538. The lowest BCUT2D eigenvalue weighted by atomic mass is 9.79. The van der Waals surface area contributed by atoms with E-state index in [-0.39, 0.29) is 11.2 Å². The Morgan fingerprint density at radius 2 is 1.74 bits per heavy atom. The molecule has 0 amide bonds. The lowest BCUT2D eigenvalue weighted by Gasteiger charge is -2.32. The van der Waals surface area contributed by atoms with Crippen LogP contribution in [0.5, 0.6) is 0 Å². The molecule has 1 heterocycles. The normalized spacial score (nSPS) is 20.6. The Balaban J connectivity index is 2.32. The van der Waals surface area contributed by atoms with Crippen LogP contribution in [0.1, 0.15) is 27.7 Å². The van der Waals surface area contributed by atoms with E-state index < -0.39 is 7.12 Å². The van der Waals surface area contributed by atoms with Gasteiger partial charge in [-0.1, -0.05) is 35.7 Å². The second kappa shape index (κ2) is 5.21. The third-order valence-electron chi connectivity index (χ3n) is 3.75. The van der Waals surface area contributed by atoms with Crippen molar-refractivity contribution in [3.8, 4) is 0 Å². The van der Waals surface area contributed by atoms with Crippen LogP contribution in [0, 0.1) is 0 Å². The Hall–Kier alpha value is -0.355. The summed E-state index contributed by atoms with van der Waals surface area (Å²) in [5, 5.41) is 0.648. The first-order valence-electron chi connectivity index (χ1n) is 6.21. The van der Waals surface area contributed by atoms with Crippen molar-refractivity contribution in [3.05, 3.63) is 23.2 Å². The maximum absolute atomic E-state index is 6.42. The van der Waals surface area contributed by atoms with E-state index in [4.69, 9.17) is 20.9 Å². The number of nitrogens with one attached hydrogen (secondary N) is 1. The largest absolute Gasteiger partial charge is 0.496 e. The van der Waals surface area contributed by atoms with Crippen LogP contribution in [-0.2, 0) is 9.31 Å². The van der Waals surface area contributed by atoms with E-state index in [1.165, 1.54) is 11.9 Å². The summed E-state index contributed by atoms with van der Waals surface area (Å²) in [5.74, 6) is 0. The Labute approximate surface area is 124 Å². The predicted molar refractivity (Wildman–Crippen MR) is 84.3 cm³/mol. The van der Waals surface area contributed by atoms with Gasteiger partial charge in [0.05, 0.1) is 21.9 Å². The van der Waals surface area contributed by atoms with Gasteiger partial charge in [0, 0.05) is 11.7 Å². The number of benzene rings is 1. The molecule has 0 bridgehead atoms. The zero-order valence-corrected chi connectivity index (χ0v) is 13.5. The topological polar surface area (TPSA) is 30.5 Å². The summed E-state index contributed by atoms with van der Waals surface area (Å²) >= 11 is 7.92. The van der Waals surface area contributed by atoms with Crippen LogP contribution in [0.15, 0.2) is 18.2 Å². The highest BCUT2D eigenvalue weighted by Gasteiger charge is 2.52. The van der Waals surface area contributed by atoms with E-state index in [1.54, 1.807) is 0 Å². The molecule has 104 valence electrons. The highest BCUT2D eigenvalue weighted by molar-refractivity contribution is 7.99. The maximum atomic E-state index is 6.42. The highest BCUT2D eigenvalue weighted by atomic mass is 35.5. The lowest BCUT2D eigenvalue weighted by Crippen LogP contribution is -2.41. The third kappa shape index (κ3) is 2.75. The summed E-state index contributed by atoms with van der Waals surface area (Å²) in [4.78, 5) is 0. The van der Waals surface area contributed by atoms with Gasteiger partial charge in [-0.2, -0.15) is 0 Å². The summed E-state index contributed by atoms with van der Waals surface area (Å²) in [5.41, 5.74) is 1.02. The van der Waals surface area contributed by atoms with E-state index in [1.807, 2.05) is 52.1 Å². The van der Waals surface area contributed by atoms with Gasteiger partial charge >= 0.3 is 7.12 Å². The second-order valence-corrected chi connectivity index (χ2v) is 6.59. The van der Waals surface area contributed by atoms with Crippen molar-refractivity contribution in [1.82, 2.24) is 0 Å². The fourth-order valence-electron chi connectivity index (χ4n) is 1.89. The molecule has 19 heavy (non-hydrogen) atoms. The minimum absolute atomic E-state index is 0.357. The molecule has 2 rings (SSSR count). The first kappa shape index (κ1) is 15.0. The van der Waals surface area contributed by atoms with Crippen LogP contribution in [0.3, 0.4) is 0 Å². The zero-order chi connectivity index (χ0) is 14.3. The molecule has 0 radical (unpaired) electrons. The summed E-state index contributed by atoms with van der Waals surface area (Å²) in [6, 6.07) is 5.83. The molecule has 1 N–H and O–H groups in total. The molecule has 0 saturated carbocycles. The van der Waals surface area contributed by atoms with Crippen LogP contribution in [-0.4, -0.2) is 24.6 Å². The summed E-state index contributed by atoms with van der Waals surface area (Å²) in [7, 11) is -0.430. The van der Waals surface area contributed by atoms with Crippen LogP contribution >= 0.6 is 23.5 Å². The predicted octanol–water partition coefficient (Wildman–Crippen LogP) is 3.33. The number of halogens is 1. The molecule has 0 aromatic heterocycles. The molecule has 0 unspecified atom stereocenters. The van der Waals surface area contributed by atoms with E-state index in [0.29, 0.717) is 5.02 Å². The Morgan fingerprint density at radius 1 is 1.16 bits per heavy atom. The second-order valence-electron chi connectivity index (χ2n) is 5.60. The van der Waals surface area contributed by atoms with Crippen molar-refractivity contribution in [2.24, 2.45) is 0 Å². The van der Waals surface area contributed by atoms with Crippen molar-refractivity contribution in [2.75, 3.05) is 11.0 Å². The van der Waals surface area contributed by atoms with Gasteiger partial charge in [-0.05, 0) is 33.8 Å². The van der Waals surface area contributed by atoms with Gasteiger partial charge < -0.3 is 14.0 Å². The zero-order valence-electron chi connectivity index (χ0n) is 11.9. The Morgan fingerprint density at radius 3 is 2.26 bits per heavy atom. The summed E-state index contributed by atoms with van der Waals surface area (Å²) < 4.78 is 15.2. The SMILES string of the molecule is CSNc1cccc(B2OC(C)(C)C(C)(C)O2)c1Cl. The Bertz CT molecular complexity index is 466. The molecule has 0 atom stereocenters. The van der Waals surface area contributed by atoms with Gasteiger partial charge in [0.1, 0.15) is 0 Å². The van der Waals surface area contributed by atoms with E-state index in [2.05, 4.69) is 4.72 Å². The van der Waals surface area contributed by atoms with Crippen LogP contribution in [0.25, 0.3) is 0 Å². The van der Waals surface area contributed by atoms with Gasteiger partial charge in [0.15, 0.2) is 0 Å². The number of rotatable bonds is 3. The monoisotopic (exact) mass is 299 g/mol. The van der Waals surface area contributed by atoms with Gasteiger partial charge in [-0.25, -0.2) is 0 Å². The quantitative estimate of drug-likeness (QED) is 0.685. The molecule has 3 nitrogen and oxygen atoms in total. The average Bonchev–Trinajstić information content (AvgIpc) is 2.51. The highest BCUT2D eigenvalue weighted by Crippen LogP contribution is 2.37. The van der Waals surface area contributed by atoms with Crippen LogP contribution in [0.2, 0.25) is 5.02 Å². The smallest absolute Gasteiger partial charge is 0.399 e. The number of anilines is 1. The van der Waals surface area contributed by atoms with E-state index in [0.717, 1.165) is 11.2 Å². The van der Waals surface area contributed by atoms with Crippen LogP contribution < -0.4 is 10.2 Å². The molecule has 1 fully saturated rings. The molecular formula is C13H19BClNO2S.